The van der Waals surface area contributed by atoms with Gasteiger partial charge in [0.05, 0.1) is 5.56 Å². The van der Waals surface area contributed by atoms with E-state index in [1.54, 1.807) is 12.1 Å². The van der Waals surface area contributed by atoms with E-state index in [4.69, 9.17) is 0 Å². The first kappa shape index (κ1) is 15.9. The van der Waals surface area contributed by atoms with Crippen molar-refractivity contribution < 1.29 is 13.2 Å². The van der Waals surface area contributed by atoms with Gasteiger partial charge in [-0.25, -0.2) is 13.2 Å². The van der Waals surface area contributed by atoms with Crippen molar-refractivity contribution in [1.82, 2.24) is 0 Å². The van der Waals surface area contributed by atoms with Crippen molar-refractivity contribution in [1.29, 1.82) is 0 Å². The fourth-order valence-corrected chi connectivity index (χ4v) is 1.75. The van der Waals surface area contributed by atoms with Gasteiger partial charge in [0.1, 0.15) is 5.82 Å². The van der Waals surface area contributed by atoms with Gasteiger partial charge in [0.25, 0.3) is 0 Å². The van der Waals surface area contributed by atoms with Crippen molar-refractivity contribution in [3.05, 3.63) is 72.1 Å². The molecule has 0 bridgehead atoms. The summed E-state index contributed by atoms with van der Waals surface area (Å²) >= 11 is 0. The predicted molar refractivity (Wildman–Crippen MR) is 82.6 cm³/mol. The van der Waals surface area contributed by atoms with Crippen molar-refractivity contribution in [3.8, 4) is 23.0 Å². The summed E-state index contributed by atoms with van der Waals surface area (Å²) < 4.78 is 40.3. The quantitative estimate of drug-likeness (QED) is 0.519. The van der Waals surface area contributed by atoms with E-state index in [0.29, 0.717) is 11.1 Å². The third-order valence-electron chi connectivity index (χ3n) is 3.25. The number of benzene rings is 2. The second-order valence-electron chi connectivity index (χ2n) is 5.50. The first-order valence-corrected chi connectivity index (χ1v) is 6.74. The molecule has 0 saturated carbocycles. The molecule has 0 atom stereocenters. The molecule has 0 spiro atoms. The van der Waals surface area contributed by atoms with Crippen molar-refractivity contribution >= 4 is 0 Å². The van der Waals surface area contributed by atoms with Crippen LogP contribution in [0, 0.1) is 34.7 Å². The van der Waals surface area contributed by atoms with E-state index >= 15 is 0 Å². The van der Waals surface area contributed by atoms with E-state index < -0.39 is 22.9 Å². The molecule has 0 N–H and O–H groups in total. The van der Waals surface area contributed by atoms with Crippen LogP contribution >= 0.6 is 0 Å². The van der Waals surface area contributed by atoms with Gasteiger partial charge in [0, 0.05) is 5.41 Å². The molecular formula is C19H15F3. The molecule has 3 heteroatoms. The van der Waals surface area contributed by atoms with Gasteiger partial charge >= 0.3 is 0 Å². The lowest BCUT2D eigenvalue weighted by Gasteiger charge is -2.09. The van der Waals surface area contributed by atoms with Crippen LogP contribution in [0.15, 0.2) is 49.1 Å². The van der Waals surface area contributed by atoms with Crippen molar-refractivity contribution in [3.63, 3.8) is 0 Å². The zero-order valence-corrected chi connectivity index (χ0v) is 12.4. The Morgan fingerprint density at radius 3 is 2.05 bits per heavy atom. The maximum atomic E-state index is 14.1. The molecule has 0 aliphatic rings. The van der Waals surface area contributed by atoms with Crippen LogP contribution < -0.4 is 0 Å². The molecule has 0 unspecified atom stereocenters. The summed E-state index contributed by atoms with van der Waals surface area (Å²) in [6.45, 7) is 7.42. The Balaban J connectivity index is 2.37. The molecular weight excluding hydrogens is 285 g/mol. The number of rotatable bonds is 2. The Hall–Kier alpha value is -2.47. The lowest BCUT2D eigenvalue weighted by atomic mass is 9.94. The number of halogens is 3. The molecule has 2 aromatic carbocycles. The smallest absolute Gasteiger partial charge is 0.159 e. The highest BCUT2D eigenvalue weighted by Gasteiger charge is 2.09. The minimum atomic E-state index is -0.963. The Morgan fingerprint density at radius 2 is 1.50 bits per heavy atom. The van der Waals surface area contributed by atoms with Gasteiger partial charge in [-0.05, 0) is 49.2 Å². The molecule has 22 heavy (non-hydrogen) atoms. The maximum absolute atomic E-state index is 14.1. The summed E-state index contributed by atoms with van der Waals surface area (Å²) in [6.07, 6.45) is 1.69. The highest BCUT2D eigenvalue weighted by Crippen LogP contribution is 2.24. The molecule has 0 nitrogen and oxygen atoms in total. The van der Waals surface area contributed by atoms with Crippen LogP contribution in [0.25, 0.3) is 11.1 Å². The van der Waals surface area contributed by atoms with Crippen molar-refractivity contribution in [2.24, 2.45) is 5.41 Å². The third kappa shape index (κ3) is 3.59. The molecule has 0 aliphatic carbocycles. The van der Waals surface area contributed by atoms with Gasteiger partial charge in [-0.15, -0.1) is 6.58 Å². The van der Waals surface area contributed by atoms with Gasteiger partial charge in [-0.2, -0.15) is 0 Å². The second-order valence-corrected chi connectivity index (χ2v) is 5.50. The predicted octanol–water partition coefficient (Wildman–Crippen LogP) is 5.33. The molecule has 2 rings (SSSR count). The largest absolute Gasteiger partial charge is 0.206 e. The fraction of sp³-hybridized carbons (Fsp3) is 0.158. The Labute approximate surface area is 128 Å². The van der Waals surface area contributed by atoms with E-state index in [9.17, 15) is 13.2 Å². The van der Waals surface area contributed by atoms with Crippen LogP contribution in [0.4, 0.5) is 13.2 Å². The van der Waals surface area contributed by atoms with Gasteiger partial charge in [0.15, 0.2) is 11.6 Å². The maximum Gasteiger partial charge on any atom is 0.159 e. The molecule has 0 aromatic heterocycles. The summed E-state index contributed by atoms with van der Waals surface area (Å²) in [5.41, 5.74) is 0.709. The molecule has 0 saturated heterocycles. The van der Waals surface area contributed by atoms with E-state index in [-0.39, 0.29) is 5.56 Å². The van der Waals surface area contributed by atoms with Crippen LogP contribution in [0.2, 0.25) is 0 Å². The second kappa shape index (κ2) is 6.11. The number of hydrogen-bond acceptors (Lipinski definition) is 0. The Bertz CT molecular complexity index is 777. The molecule has 0 heterocycles. The first-order chi connectivity index (χ1) is 10.3. The van der Waals surface area contributed by atoms with Gasteiger partial charge < -0.3 is 0 Å². The monoisotopic (exact) mass is 300 g/mol. The third-order valence-corrected chi connectivity index (χ3v) is 3.25. The molecule has 112 valence electrons. The van der Waals surface area contributed by atoms with Crippen LogP contribution in [0.3, 0.4) is 0 Å². The standard InChI is InChI=1S/C19H15F3/c1-4-19(2,3)10-9-13-5-6-14(11-17(13)21)15-7-8-16(20)18(22)12-15/h4-8,11-12H,1H2,2-3H3. The van der Waals surface area contributed by atoms with E-state index in [1.165, 1.54) is 18.2 Å². The Morgan fingerprint density at radius 1 is 0.909 bits per heavy atom. The van der Waals surface area contributed by atoms with Crippen LogP contribution in [0.1, 0.15) is 19.4 Å². The fourth-order valence-electron chi connectivity index (χ4n) is 1.75. The molecule has 0 amide bonds. The topological polar surface area (TPSA) is 0 Å². The average Bonchev–Trinajstić information content (AvgIpc) is 2.49. The molecule has 0 fully saturated rings. The Kier molecular flexibility index (Phi) is 4.42. The van der Waals surface area contributed by atoms with Crippen LogP contribution in [-0.2, 0) is 0 Å². The van der Waals surface area contributed by atoms with E-state index in [2.05, 4.69) is 18.4 Å². The summed E-state index contributed by atoms with van der Waals surface area (Å²) in [5, 5.41) is 0. The van der Waals surface area contributed by atoms with Crippen LogP contribution in [0.5, 0.6) is 0 Å². The van der Waals surface area contributed by atoms with Crippen LogP contribution in [-0.4, -0.2) is 0 Å². The van der Waals surface area contributed by atoms with Crippen molar-refractivity contribution in [2.45, 2.75) is 13.8 Å². The number of hydrogen-bond donors (Lipinski definition) is 0. The zero-order valence-electron chi connectivity index (χ0n) is 12.4. The lowest BCUT2D eigenvalue weighted by Crippen LogP contribution is -2.02. The SMILES string of the molecule is C=CC(C)(C)C#Cc1ccc(-c2ccc(F)c(F)c2)cc1F. The first-order valence-electron chi connectivity index (χ1n) is 6.74. The summed E-state index contributed by atoms with van der Waals surface area (Å²) in [5.74, 6) is 3.30. The molecule has 0 aliphatic heterocycles. The summed E-state index contributed by atoms with van der Waals surface area (Å²) in [7, 11) is 0. The molecule has 2 aromatic rings. The zero-order chi connectivity index (χ0) is 16.3. The van der Waals surface area contributed by atoms with Gasteiger partial charge in [0.2, 0.25) is 0 Å². The molecule has 0 radical (unpaired) electrons. The normalized spacial score (nSPS) is 10.8. The average molecular weight is 300 g/mol. The van der Waals surface area contributed by atoms with Crippen molar-refractivity contribution in [2.75, 3.05) is 0 Å². The van der Waals surface area contributed by atoms with Gasteiger partial charge in [-0.1, -0.05) is 30.0 Å². The van der Waals surface area contributed by atoms with Gasteiger partial charge in [-0.3, -0.25) is 0 Å². The number of allylic oxidation sites excluding steroid dienone is 1. The summed E-state index contributed by atoms with van der Waals surface area (Å²) in [4.78, 5) is 0. The highest BCUT2D eigenvalue weighted by molar-refractivity contribution is 5.64. The highest BCUT2D eigenvalue weighted by atomic mass is 19.2. The minimum absolute atomic E-state index is 0.251. The van der Waals surface area contributed by atoms with E-state index in [0.717, 1.165) is 12.1 Å². The van der Waals surface area contributed by atoms with E-state index in [1.807, 2.05) is 13.8 Å². The minimum Gasteiger partial charge on any atom is -0.206 e. The lowest BCUT2D eigenvalue weighted by molar-refractivity contribution is 0.509. The summed E-state index contributed by atoms with van der Waals surface area (Å²) in [6, 6.07) is 7.87.